The highest BCUT2D eigenvalue weighted by atomic mass is 16.5. The number of benzene rings is 2. The van der Waals surface area contributed by atoms with Crippen LogP contribution < -0.4 is 5.32 Å². The standard InChI is InChI=1S/C27H27N3O5/c1-2-14-30(15-13-25(31)32)26(33)24-12-11-18(16-28-24)29-27(34)35-17-23-21-9-5-3-7-19(21)20-8-4-6-10-22(20)23/h3-12,16,23H,2,13-15,17H2,1H3,(H,29,34)(H,31,32). The van der Waals surface area contributed by atoms with Crippen molar-refractivity contribution in [2.24, 2.45) is 0 Å². The van der Waals surface area contributed by atoms with Crippen molar-refractivity contribution in [2.45, 2.75) is 25.7 Å². The first kappa shape index (κ1) is 23.9. The van der Waals surface area contributed by atoms with Gasteiger partial charge >= 0.3 is 12.1 Å². The van der Waals surface area contributed by atoms with Gasteiger partial charge in [0.2, 0.25) is 0 Å². The Balaban J connectivity index is 1.36. The summed E-state index contributed by atoms with van der Waals surface area (Å²) in [5, 5.41) is 11.6. The molecule has 1 aliphatic rings. The average Bonchev–Trinajstić information content (AvgIpc) is 3.19. The molecular formula is C27H27N3O5. The maximum Gasteiger partial charge on any atom is 0.411 e. The minimum atomic E-state index is -0.963. The van der Waals surface area contributed by atoms with Crippen LogP contribution in [0.2, 0.25) is 0 Å². The van der Waals surface area contributed by atoms with Crippen molar-refractivity contribution in [3.05, 3.63) is 83.7 Å². The van der Waals surface area contributed by atoms with Crippen molar-refractivity contribution in [1.29, 1.82) is 0 Å². The summed E-state index contributed by atoms with van der Waals surface area (Å²) >= 11 is 0. The molecule has 180 valence electrons. The maximum atomic E-state index is 12.7. The number of rotatable bonds is 9. The van der Waals surface area contributed by atoms with Crippen LogP contribution in [-0.2, 0) is 9.53 Å². The molecule has 35 heavy (non-hydrogen) atoms. The third kappa shape index (κ3) is 5.48. The van der Waals surface area contributed by atoms with E-state index in [1.54, 1.807) is 6.07 Å². The van der Waals surface area contributed by atoms with E-state index in [0.717, 1.165) is 22.3 Å². The zero-order valence-electron chi connectivity index (χ0n) is 19.4. The quantitative estimate of drug-likeness (QED) is 0.463. The molecule has 4 rings (SSSR count). The normalized spacial score (nSPS) is 11.9. The number of anilines is 1. The molecule has 0 atom stereocenters. The number of ether oxygens (including phenoxy) is 1. The zero-order chi connectivity index (χ0) is 24.8. The van der Waals surface area contributed by atoms with Gasteiger partial charge in [-0.25, -0.2) is 9.78 Å². The van der Waals surface area contributed by atoms with Gasteiger partial charge in [0.05, 0.1) is 18.3 Å². The number of carboxylic acids is 1. The van der Waals surface area contributed by atoms with Crippen LogP contribution in [0.3, 0.4) is 0 Å². The summed E-state index contributed by atoms with van der Waals surface area (Å²) in [6.45, 7) is 2.66. The van der Waals surface area contributed by atoms with Crippen LogP contribution in [0.4, 0.5) is 10.5 Å². The number of aromatic nitrogens is 1. The molecule has 0 saturated heterocycles. The number of amides is 2. The van der Waals surface area contributed by atoms with E-state index >= 15 is 0 Å². The van der Waals surface area contributed by atoms with E-state index in [4.69, 9.17) is 9.84 Å². The minimum Gasteiger partial charge on any atom is -0.481 e. The Hall–Kier alpha value is -4.20. The number of aliphatic carboxylic acids is 1. The topological polar surface area (TPSA) is 109 Å². The molecule has 0 unspecified atom stereocenters. The van der Waals surface area contributed by atoms with E-state index in [1.165, 1.54) is 17.2 Å². The van der Waals surface area contributed by atoms with Gasteiger partial charge in [0.15, 0.2) is 0 Å². The predicted molar refractivity (Wildman–Crippen MR) is 131 cm³/mol. The van der Waals surface area contributed by atoms with Crippen LogP contribution in [0.25, 0.3) is 11.1 Å². The van der Waals surface area contributed by atoms with Gasteiger partial charge in [0, 0.05) is 19.0 Å². The third-order valence-corrected chi connectivity index (χ3v) is 5.95. The van der Waals surface area contributed by atoms with Gasteiger partial charge in [-0.1, -0.05) is 55.5 Å². The van der Waals surface area contributed by atoms with Crippen molar-refractivity contribution in [3.63, 3.8) is 0 Å². The number of pyridine rings is 1. The van der Waals surface area contributed by atoms with E-state index in [0.29, 0.717) is 18.7 Å². The van der Waals surface area contributed by atoms with Crippen molar-refractivity contribution >= 4 is 23.7 Å². The van der Waals surface area contributed by atoms with Gasteiger partial charge in [-0.05, 0) is 40.8 Å². The Morgan fingerprint density at radius 1 is 0.971 bits per heavy atom. The second-order valence-corrected chi connectivity index (χ2v) is 8.32. The van der Waals surface area contributed by atoms with Crippen LogP contribution in [0.5, 0.6) is 0 Å². The molecule has 2 aromatic carbocycles. The number of carbonyl (C=O) groups is 3. The van der Waals surface area contributed by atoms with Gasteiger partial charge in [-0.2, -0.15) is 0 Å². The Labute approximate surface area is 203 Å². The first-order chi connectivity index (χ1) is 17.0. The van der Waals surface area contributed by atoms with Crippen molar-refractivity contribution in [1.82, 2.24) is 9.88 Å². The lowest BCUT2D eigenvalue weighted by Gasteiger charge is -2.21. The first-order valence-electron chi connectivity index (χ1n) is 11.6. The lowest BCUT2D eigenvalue weighted by molar-refractivity contribution is -0.137. The van der Waals surface area contributed by atoms with Gasteiger partial charge < -0.3 is 14.7 Å². The van der Waals surface area contributed by atoms with E-state index in [9.17, 15) is 14.4 Å². The fourth-order valence-corrected chi connectivity index (χ4v) is 4.32. The van der Waals surface area contributed by atoms with Crippen LogP contribution >= 0.6 is 0 Å². The van der Waals surface area contributed by atoms with Crippen molar-refractivity contribution in [2.75, 3.05) is 25.0 Å². The zero-order valence-corrected chi connectivity index (χ0v) is 19.4. The second-order valence-electron chi connectivity index (χ2n) is 8.32. The summed E-state index contributed by atoms with van der Waals surface area (Å²) in [7, 11) is 0. The van der Waals surface area contributed by atoms with Crippen molar-refractivity contribution < 1.29 is 24.2 Å². The Morgan fingerprint density at radius 2 is 1.63 bits per heavy atom. The summed E-state index contributed by atoms with van der Waals surface area (Å²) in [5.41, 5.74) is 5.15. The smallest absolute Gasteiger partial charge is 0.411 e. The van der Waals surface area contributed by atoms with E-state index in [1.807, 2.05) is 31.2 Å². The summed E-state index contributed by atoms with van der Waals surface area (Å²) < 4.78 is 5.54. The highest BCUT2D eigenvalue weighted by Crippen LogP contribution is 2.44. The number of hydrogen-bond donors (Lipinski definition) is 2. The summed E-state index contributed by atoms with van der Waals surface area (Å²) in [5.74, 6) is -1.35. The summed E-state index contributed by atoms with van der Waals surface area (Å²) in [6.07, 6.45) is 1.34. The van der Waals surface area contributed by atoms with E-state index in [-0.39, 0.29) is 37.1 Å². The highest BCUT2D eigenvalue weighted by molar-refractivity contribution is 5.93. The largest absolute Gasteiger partial charge is 0.481 e. The van der Waals surface area contributed by atoms with Gasteiger partial charge in [-0.3, -0.25) is 14.9 Å². The molecule has 0 spiro atoms. The molecule has 1 heterocycles. The fraction of sp³-hybridized carbons (Fsp3) is 0.259. The minimum absolute atomic E-state index is 0.0402. The lowest BCUT2D eigenvalue weighted by Crippen LogP contribution is -2.34. The number of nitrogens with one attached hydrogen (secondary N) is 1. The second kappa shape index (κ2) is 10.8. The SMILES string of the molecule is CCCN(CCC(=O)O)C(=O)c1ccc(NC(=O)OCC2c3ccccc3-c3ccccc32)cn1. The van der Waals surface area contributed by atoms with Gasteiger partial charge in [-0.15, -0.1) is 0 Å². The molecule has 0 aliphatic heterocycles. The van der Waals surface area contributed by atoms with Gasteiger partial charge in [0.1, 0.15) is 12.3 Å². The van der Waals surface area contributed by atoms with Gasteiger partial charge in [0.25, 0.3) is 5.91 Å². The average molecular weight is 474 g/mol. The summed E-state index contributed by atoms with van der Waals surface area (Å²) in [4.78, 5) is 41.6. The van der Waals surface area contributed by atoms with Crippen molar-refractivity contribution in [3.8, 4) is 11.1 Å². The molecule has 1 aliphatic carbocycles. The molecule has 0 radical (unpaired) electrons. The molecule has 2 amide bonds. The fourth-order valence-electron chi connectivity index (χ4n) is 4.32. The first-order valence-corrected chi connectivity index (χ1v) is 11.6. The number of carbonyl (C=O) groups excluding carboxylic acids is 2. The molecule has 8 heteroatoms. The molecular weight excluding hydrogens is 446 g/mol. The lowest BCUT2D eigenvalue weighted by atomic mass is 9.98. The molecule has 0 saturated carbocycles. The molecule has 1 aromatic heterocycles. The molecule has 0 fully saturated rings. The van der Waals surface area contributed by atoms with Crippen LogP contribution in [0.1, 0.15) is 47.3 Å². The molecule has 2 N–H and O–H groups in total. The molecule has 8 nitrogen and oxygen atoms in total. The number of fused-ring (bicyclic) bond motifs is 3. The third-order valence-electron chi connectivity index (χ3n) is 5.95. The Bertz CT molecular complexity index is 1180. The van der Waals surface area contributed by atoms with Crippen LogP contribution in [0, 0.1) is 0 Å². The predicted octanol–water partition coefficient (Wildman–Crippen LogP) is 4.77. The molecule has 3 aromatic rings. The summed E-state index contributed by atoms with van der Waals surface area (Å²) in [6, 6.07) is 19.3. The number of nitrogens with zero attached hydrogens (tertiary/aromatic N) is 2. The highest BCUT2D eigenvalue weighted by Gasteiger charge is 2.29. The maximum absolute atomic E-state index is 12.7. The Kier molecular flexibility index (Phi) is 7.40. The number of hydrogen-bond acceptors (Lipinski definition) is 5. The van der Waals surface area contributed by atoms with E-state index in [2.05, 4.69) is 34.6 Å². The number of carboxylic acid groups (broad SMARTS) is 1. The van der Waals surface area contributed by atoms with Crippen LogP contribution in [-0.4, -0.2) is 52.7 Å². The monoisotopic (exact) mass is 473 g/mol. The van der Waals surface area contributed by atoms with E-state index < -0.39 is 12.1 Å². The molecule has 0 bridgehead atoms. The Morgan fingerprint density at radius 3 is 2.20 bits per heavy atom. The van der Waals surface area contributed by atoms with Crippen LogP contribution in [0.15, 0.2) is 66.9 Å².